The van der Waals surface area contributed by atoms with Gasteiger partial charge < -0.3 is 14.3 Å². The lowest BCUT2D eigenvalue weighted by atomic mass is 10.1. The molecule has 0 saturated carbocycles. The van der Waals surface area contributed by atoms with Crippen LogP contribution in [0.4, 0.5) is 5.69 Å². The summed E-state index contributed by atoms with van der Waals surface area (Å²) in [6.07, 6.45) is 3.92. The number of hydrogen-bond acceptors (Lipinski definition) is 6. The monoisotopic (exact) mass is 348 g/mol. The summed E-state index contributed by atoms with van der Waals surface area (Å²) in [5, 5.41) is 7.65. The number of aryl methyl sites for hydroxylation is 2. The van der Waals surface area contributed by atoms with Gasteiger partial charge in [-0.3, -0.25) is 9.78 Å². The van der Waals surface area contributed by atoms with Crippen molar-refractivity contribution in [3.63, 3.8) is 0 Å². The smallest absolute Gasteiger partial charge is 0.255 e. The molecule has 4 rings (SSSR count). The number of benzene rings is 1. The van der Waals surface area contributed by atoms with E-state index in [2.05, 4.69) is 20.4 Å². The van der Waals surface area contributed by atoms with E-state index in [1.807, 2.05) is 19.9 Å². The highest BCUT2D eigenvalue weighted by Crippen LogP contribution is 2.28. The van der Waals surface area contributed by atoms with Crippen LogP contribution < -0.4 is 5.32 Å². The molecule has 130 valence electrons. The van der Waals surface area contributed by atoms with Gasteiger partial charge >= 0.3 is 0 Å². The van der Waals surface area contributed by atoms with Crippen LogP contribution in [0.1, 0.15) is 28.9 Å². The van der Waals surface area contributed by atoms with Crippen LogP contribution in [0, 0.1) is 6.92 Å². The van der Waals surface area contributed by atoms with E-state index in [4.69, 9.17) is 8.94 Å². The minimum absolute atomic E-state index is 0.232. The Kier molecular flexibility index (Phi) is 3.96. The molecule has 0 atom stereocenters. The molecule has 1 N–H and O–H groups in total. The summed E-state index contributed by atoms with van der Waals surface area (Å²) in [6.45, 7) is 3.80. The number of pyridine rings is 1. The third kappa shape index (κ3) is 2.83. The largest absolute Gasteiger partial charge is 0.448 e. The fourth-order valence-electron chi connectivity index (χ4n) is 2.66. The van der Waals surface area contributed by atoms with Gasteiger partial charge in [0.15, 0.2) is 11.5 Å². The summed E-state index contributed by atoms with van der Waals surface area (Å²) in [6, 6.07) is 8.74. The number of nitrogens with one attached hydrogen (secondary N) is 1. The zero-order valence-corrected chi connectivity index (χ0v) is 14.3. The van der Waals surface area contributed by atoms with E-state index < -0.39 is 0 Å². The maximum absolute atomic E-state index is 12.6. The number of amides is 1. The molecule has 0 radical (unpaired) electrons. The number of aromatic nitrogens is 3. The molecule has 7 nitrogen and oxygen atoms in total. The Hall–Kier alpha value is -3.48. The predicted octanol–water partition coefficient (Wildman–Crippen LogP) is 4.00. The van der Waals surface area contributed by atoms with Crippen LogP contribution in [0.2, 0.25) is 0 Å². The SMILES string of the molecule is CCc1nc(-c2noc3ccc(C(=O)Nc4cccnc4C)cc23)co1. The van der Waals surface area contributed by atoms with Crippen molar-refractivity contribution in [3.05, 3.63) is 59.9 Å². The minimum atomic E-state index is -0.232. The van der Waals surface area contributed by atoms with Gasteiger partial charge in [-0.2, -0.15) is 0 Å². The maximum atomic E-state index is 12.6. The molecule has 0 bridgehead atoms. The summed E-state index contributed by atoms with van der Waals surface area (Å²) >= 11 is 0. The van der Waals surface area contributed by atoms with Crippen molar-refractivity contribution in [2.75, 3.05) is 5.32 Å². The first-order valence-corrected chi connectivity index (χ1v) is 8.23. The molecule has 0 spiro atoms. The van der Waals surface area contributed by atoms with E-state index in [-0.39, 0.29) is 5.91 Å². The van der Waals surface area contributed by atoms with Crippen molar-refractivity contribution in [3.8, 4) is 11.4 Å². The van der Waals surface area contributed by atoms with E-state index in [0.29, 0.717) is 45.9 Å². The molecule has 0 aliphatic rings. The number of carbonyl (C=O) groups is 1. The van der Waals surface area contributed by atoms with Crippen molar-refractivity contribution in [1.82, 2.24) is 15.1 Å². The molecule has 0 fully saturated rings. The van der Waals surface area contributed by atoms with Gasteiger partial charge in [0, 0.05) is 18.2 Å². The molecule has 0 aliphatic heterocycles. The first kappa shape index (κ1) is 16.0. The van der Waals surface area contributed by atoms with E-state index in [9.17, 15) is 4.79 Å². The molecular weight excluding hydrogens is 332 g/mol. The standard InChI is InChI=1S/C19H16N4O3/c1-3-17-21-15(10-25-17)18-13-9-12(6-7-16(13)26-23-18)19(24)22-14-5-4-8-20-11(14)2/h4-10H,3H2,1-2H3,(H,22,24). The predicted molar refractivity (Wildman–Crippen MR) is 95.8 cm³/mol. The van der Waals surface area contributed by atoms with Gasteiger partial charge in [-0.25, -0.2) is 4.98 Å². The number of anilines is 1. The van der Waals surface area contributed by atoms with Crippen molar-refractivity contribution in [1.29, 1.82) is 0 Å². The quantitative estimate of drug-likeness (QED) is 0.599. The molecule has 0 saturated heterocycles. The second-order valence-electron chi connectivity index (χ2n) is 5.81. The molecule has 3 heterocycles. The fraction of sp³-hybridized carbons (Fsp3) is 0.158. The van der Waals surface area contributed by atoms with E-state index in [1.54, 1.807) is 36.7 Å². The second-order valence-corrected chi connectivity index (χ2v) is 5.81. The highest BCUT2D eigenvalue weighted by molar-refractivity contribution is 6.07. The van der Waals surface area contributed by atoms with Gasteiger partial charge in [0.25, 0.3) is 5.91 Å². The Labute approximate surface area is 149 Å². The maximum Gasteiger partial charge on any atom is 0.255 e. The fourth-order valence-corrected chi connectivity index (χ4v) is 2.66. The lowest BCUT2D eigenvalue weighted by molar-refractivity contribution is 0.102. The van der Waals surface area contributed by atoms with Crippen molar-refractivity contribution >= 4 is 22.6 Å². The van der Waals surface area contributed by atoms with Crippen LogP contribution in [0.3, 0.4) is 0 Å². The second kappa shape index (κ2) is 6.44. The van der Waals surface area contributed by atoms with E-state index in [0.717, 1.165) is 5.69 Å². The van der Waals surface area contributed by atoms with Gasteiger partial charge in [0.1, 0.15) is 17.7 Å². The Morgan fingerprint density at radius 2 is 2.15 bits per heavy atom. The van der Waals surface area contributed by atoms with Crippen LogP contribution >= 0.6 is 0 Å². The molecule has 4 aromatic rings. The third-order valence-electron chi connectivity index (χ3n) is 4.08. The van der Waals surface area contributed by atoms with Gasteiger partial charge in [-0.15, -0.1) is 0 Å². The van der Waals surface area contributed by atoms with Crippen LogP contribution in [0.25, 0.3) is 22.4 Å². The highest BCUT2D eigenvalue weighted by atomic mass is 16.5. The molecule has 3 aromatic heterocycles. The Morgan fingerprint density at radius 3 is 2.92 bits per heavy atom. The van der Waals surface area contributed by atoms with Crippen LogP contribution in [0.5, 0.6) is 0 Å². The molecule has 0 unspecified atom stereocenters. The lowest BCUT2D eigenvalue weighted by Gasteiger charge is -2.07. The first-order valence-electron chi connectivity index (χ1n) is 8.23. The summed E-state index contributed by atoms with van der Waals surface area (Å²) in [4.78, 5) is 21.2. The number of carbonyl (C=O) groups excluding carboxylic acids is 1. The molecular formula is C19H16N4O3. The zero-order chi connectivity index (χ0) is 18.1. The van der Waals surface area contributed by atoms with Crippen molar-refractivity contribution in [2.24, 2.45) is 0 Å². The van der Waals surface area contributed by atoms with Crippen molar-refractivity contribution in [2.45, 2.75) is 20.3 Å². The zero-order valence-electron chi connectivity index (χ0n) is 14.3. The molecule has 26 heavy (non-hydrogen) atoms. The Morgan fingerprint density at radius 1 is 1.27 bits per heavy atom. The number of fused-ring (bicyclic) bond motifs is 1. The van der Waals surface area contributed by atoms with Gasteiger partial charge in [0.2, 0.25) is 0 Å². The normalized spacial score (nSPS) is 11.0. The average Bonchev–Trinajstić information content (AvgIpc) is 3.29. The van der Waals surface area contributed by atoms with Crippen LogP contribution in [0.15, 0.2) is 51.7 Å². The van der Waals surface area contributed by atoms with Gasteiger partial charge in [0.05, 0.1) is 16.8 Å². The summed E-state index contributed by atoms with van der Waals surface area (Å²) < 4.78 is 10.7. The molecule has 0 aliphatic carbocycles. The number of rotatable bonds is 4. The Bertz CT molecular complexity index is 1100. The summed E-state index contributed by atoms with van der Waals surface area (Å²) in [5.41, 5.74) is 3.63. The Balaban J connectivity index is 1.69. The van der Waals surface area contributed by atoms with E-state index >= 15 is 0 Å². The van der Waals surface area contributed by atoms with Crippen LogP contribution in [-0.2, 0) is 6.42 Å². The van der Waals surface area contributed by atoms with E-state index in [1.165, 1.54) is 0 Å². The number of nitrogens with zero attached hydrogens (tertiary/aromatic N) is 3. The topological polar surface area (TPSA) is 94.0 Å². The summed E-state index contributed by atoms with van der Waals surface area (Å²) in [7, 11) is 0. The average molecular weight is 348 g/mol. The van der Waals surface area contributed by atoms with Gasteiger partial charge in [-0.05, 0) is 37.3 Å². The summed E-state index contributed by atoms with van der Waals surface area (Å²) in [5.74, 6) is 0.390. The number of oxazole rings is 1. The molecule has 1 aromatic carbocycles. The van der Waals surface area contributed by atoms with Gasteiger partial charge in [-0.1, -0.05) is 12.1 Å². The highest BCUT2D eigenvalue weighted by Gasteiger charge is 2.17. The molecule has 7 heteroatoms. The number of hydrogen-bond donors (Lipinski definition) is 1. The molecule has 1 amide bonds. The minimum Gasteiger partial charge on any atom is -0.448 e. The first-order chi connectivity index (χ1) is 12.7. The lowest BCUT2D eigenvalue weighted by Crippen LogP contribution is -2.13. The third-order valence-corrected chi connectivity index (χ3v) is 4.08. The van der Waals surface area contributed by atoms with Crippen molar-refractivity contribution < 1.29 is 13.7 Å². The van der Waals surface area contributed by atoms with Crippen LogP contribution in [-0.4, -0.2) is 21.0 Å².